The molecule has 4 rings (SSSR count). The number of carbonyl (C=O) groups excluding carboxylic acids is 1. The minimum Gasteiger partial charge on any atom is -0.460 e. The van der Waals surface area contributed by atoms with Crippen molar-refractivity contribution in [1.29, 1.82) is 0 Å². The molecule has 2 unspecified atom stereocenters. The van der Waals surface area contributed by atoms with Crippen molar-refractivity contribution in [1.82, 2.24) is 0 Å². The van der Waals surface area contributed by atoms with Crippen LogP contribution in [0.1, 0.15) is 47.0 Å². The van der Waals surface area contributed by atoms with E-state index in [-0.39, 0.29) is 17.8 Å². The summed E-state index contributed by atoms with van der Waals surface area (Å²) in [6.07, 6.45) is 4.66. The highest BCUT2D eigenvalue weighted by atomic mass is 16.5. The number of carbonyl (C=O) groups is 1. The number of allylic oxidation sites excluding steroid dienone is 1. The number of rotatable bonds is 3. The first-order chi connectivity index (χ1) is 11.6. The van der Waals surface area contributed by atoms with E-state index >= 15 is 0 Å². The van der Waals surface area contributed by atoms with Crippen LogP contribution in [-0.2, 0) is 17.8 Å². The average Bonchev–Trinajstić information content (AvgIpc) is 3.14. The van der Waals surface area contributed by atoms with Gasteiger partial charge in [-0.2, -0.15) is 0 Å². The largest absolute Gasteiger partial charge is 0.460 e. The van der Waals surface area contributed by atoms with Gasteiger partial charge in [-0.3, -0.25) is 4.79 Å². The number of furan rings is 1. The molecule has 0 N–H and O–H groups in total. The second-order valence-electron chi connectivity index (χ2n) is 6.89. The standard InChI is InChI=1S/C21H22O3/c1-13-11-24-21-17(13)10-18-16(14(2)20(21)22)8-9-19(18)23-12-15-6-4-3-5-7-15/h3-7,11,18-19H,8-10,12H2,1-2H3. The first-order valence-corrected chi connectivity index (χ1v) is 8.62. The molecule has 1 aromatic carbocycles. The molecule has 2 aromatic rings. The summed E-state index contributed by atoms with van der Waals surface area (Å²) in [5, 5.41) is 0. The highest BCUT2D eigenvalue weighted by Gasteiger charge is 2.39. The predicted octanol–water partition coefficient (Wildman–Crippen LogP) is 4.64. The van der Waals surface area contributed by atoms with E-state index < -0.39 is 0 Å². The van der Waals surface area contributed by atoms with E-state index in [2.05, 4.69) is 12.1 Å². The number of hydrogen-bond donors (Lipinski definition) is 0. The molecule has 0 spiro atoms. The number of fused-ring (bicyclic) bond motifs is 2. The van der Waals surface area contributed by atoms with Crippen molar-refractivity contribution in [3.05, 3.63) is 70.2 Å². The second kappa shape index (κ2) is 6.06. The third-order valence-electron chi connectivity index (χ3n) is 5.46. The Hall–Kier alpha value is -2.13. The fourth-order valence-electron chi connectivity index (χ4n) is 4.05. The first-order valence-electron chi connectivity index (χ1n) is 8.62. The summed E-state index contributed by atoms with van der Waals surface area (Å²) in [5.74, 6) is 0.878. The van der Waals surface area contributed by atoms with Gasteiger partial charge < -0.3 is 9.15 Å². The van der Waals surface area contributed by atoms with Gasteiger partial charge in [0.1, 0.15) is 0 Å². The lowest BCUT2D eigenvalue weighted by molar-refractivity contribution is 0.0208. The van der Waals surface area contributed by atoms with Crippen molar-refractivity contribution in [3.8, 4) is 0 Å². The minimum absolute atomic E-state index is 0.0549. The van der Waals surface area contributed by atoms with Gasteiger partial charge in [0.2, 0.25) is 5.78 Å². The lowest BCUT2D eigenvalue weighted by Gasteiger charge is -2.21. The van der Waals surface area contributed by atoms with Crippen LogP contribution in [0.2, 0.25) is 0 Å². The van der Waals surface area contributed by atoms with E-state index in [1.54, 1.807) is 6.26 Å². The van der Waals surface area contributed by atoms with E-state index in [4.69, 9.17) is 9.15 Å². The molecule has 24 heavy (non-hydrogen) atoms. The highest BCUT2D eigenvalue weighted by molar-refractivity contribution is 6.08. The fourth-order valence-corrected chi connectivity index (χ4v) is 4.05. The van der Waals surface area contributed by atoms with Gasteiger partial charge in [-0.15, -0.1) is 0 Å². The van der Waals surface area contributed by atoms with E-state index in [9.17, 15) is 4.79 Å². The molecule has 0 bridgehead atoms. The zero-order valence-corrected chi connectivity index (χ0v) is 14.2. The zero-order valence-electron chi connectivity index (χ0n) is 14.2. The minimum atomic E-state index is 0.0549. The van der Waals surface area contributed by atoms with E-state index in [0.29, 0.717) is 12.4 Å². The summed E-state index contributed by atoms with van der Waals surface area (Å²) >= 11 is 0. The molecular weight excluding hydrogens is 300 g/mol. The predicted molar refractivity (Wildman–Crippen MR) is 91.9 cm³/mol. The Kier molecular flexibility index (Phi) is 3.89. The lowest BCUT2D eigenvalue weighted by Crippen LogP contribution is -2.21. The van der Waals surface area contributed by atoms with E-state index in [1.807, 2.05) is 32.0 Å². The molecule has 0 aliphatic heterocycles. The molecule has 3 nitrogen and oxygen atoms in total. The number of aryl methyl sites for hydroxylation is 1. The summed E-state index contributed by atoms with van der Waals surface area (Å²) in [4.78, 5) is 12.7. The fraction of sp³-hybridized carbons (Fsp3) is 0.381. The van der Waals surface area contributed by atoms with Gasteiger partial charge in [-0.25, -0.2) is 0 Å². The Labute approximate surface area is 142 Å². The van der Waals surface area contributed by atoms with Crippen molar-refractivity contribution < 1.29 is 13.9 Å². The van der Waals surface area contributed by atoms with Crippen LogP contribution in [0.5, 0.6) is 0 Å². The number of ketones is 1. The molecule has 0 amide bonds. The topological polar surface area (TPSA) is 39.4 Å². The normalized spacial score (nSPS) is 23.2. The van der Waals surface area contributed by atoms with Gasteiger partial charge in [0, 0.05) is 11.5 Å². The Morgan fingerprint density at radius 1 is 1.21 bits per heavy atom. The molecule has 2 aliphatic carbocycles. The lowest BCUT2D eigenvalue weighted by atomic mass is 9.92. The molecule has 2 atom stereocenters. The Morgan fingerprint density at radius 2 is 2.00 bits per heavy atom. The Morgan fingerprint density at radius 3 is 2.79 bits per heavy atom. The quantitative estimate of drug-likeness (QED) is 0.826. The summed E-state index contributed by atoms with van der Waals surface area (Å²) in [7, 11) is 0. The summed E-state index contributed by atoms with van der Waals surface area (Å²) in [6, 6.07) is 10.3. The van der Waals surface area contributed by atoms with Crippen LogP contribution in [0.25, 0.3) is 0 Å². The zero-order chi connectivity index (χ0) is 16.7. The maximum Gasteiger partial charge on any atom is 0.224 e. The molecule has 124 valence electrons. The molecule has 1 fully saturated rings. The van der Waals surface area contributed by atoms with Crippen LogP contribution < -0.4 is 0 Å². The van der Waals surface area contributed by atoms with Crippen molar-refractivity contribution in [2.45, 2.75) is 45.8 Å². The third-order valence-corrected chi connectivity index (χ3v) is 5.46. The number of hydrogen-bond acceptors (Lipinski definition) is 3. The monoisotopic (exact) mass is 322 g/mol. The van der Waals surface area contributed by atoms with Crippen LogP contribution in [-0.4, -0.2) is 11.9 Å². The van der Waals surface area contributed by atoms with Crippen molar-refractivity contribution in [2.24, 2.45) is 5.92 Å². The van der Waals surface area contributed by atoms with Crippen LogP contribution in [0.4, 0.5) is 0 Å². The molecule has 3 heteroatoms. The maximum absolute atomic E-state index is 12.7. The van der Waals surface area contributed by atoms with E-state index in [0.717, 1.165) is 36.0 Å². The molecule has 1 saturated carbocycles. The Balaban J connectivity index is 1.60. The highest BCUT2D eigenvalue weighted by Crippen LogP contribution is 2.42. The SMILES string of the molecule is CC1=C2CCC(OCc3ccccc3)C2Cc2c(C)coc2C1=O. The van der Waals surface area contributed by atoms with Crippen molar-refractivity contribution in [3.63, 3.8) is 0 Å². The van der Waals surface area contributed by atoms with Gasteiger partial charge in [-0.05, 0) is 49.8 Å². The maximum atomic E-state index is 12.7. The Bertz CT molecular complexity index is 798. The molecule has 2 aliphatic rings. The van der Waals surface area contributed by atoms with Crippen molar-refractivity contribution >= 4 is 5.78 Å². The first kappa shape index (κ1) is 15.4. The van der Waals surface area contributed by atoms with Crippen molar-refractivity contribution in [2.75, 3.05) is 0 Å². The molecule has 0 radical (unpaired) electrons. The molecule has 1 heterocycles. The average molecular weight is 322 g/mol. The second-order valence-corrected chi connectivity index (χ2v) is 6.89. The number of Topliss-reactive ketones (excluding diaryl/α,β-unsaturated/α-hetero) is 1. The van der Waals surface area contributed by atoms with Gasteiger partial charge in [0.25, 0.3) is 0 Å². The van der Waals surface area contributed by atoms with Crippen LogP contribution in [0.3, 0.4) is 0 Å². The van der Waals surface area contributed by atoms with Crippen LogP contribution in [0.15, 0.2) is 52.2 Å². The van der Waals surface area contributed by atoms with Gasteiger partial charge in [0.15, 0.2) is 5.76 Å². The number of ether oxygens (including phenoxy) is 1. The molecular formula is C21H22O3. The van der Waals surface area contributed by atoms with Gasteiger partial charge in [0.05, 0.1) is 19.0 Å². The van der Waals surface area contributed by atoms with E-state index in [1.165, 1.54) is 11.1 Å². The van der Waals surface area contributed by atoms with Gasteiger partial charge in [-0.1, -0.05) is 35.9 Å². The third kappa shape index (κ3) is 2.53. The van der Waals surface area contributed by atoms with Crippen LogP contribution >= 0.6 is 0 Å². The smallest absolute Gasteiger partial charge is 0.224 e. The number of benzene rings is 1. The summed E-state index contributed by atoms with van der Waals surface area (Å²) in [6.45, 7) is 4.58. The van der Waals surface area contributed by atoms with Gasteiger partial charge >= 0.3 is 0 Å². The molecule has 0 saturated heterocycles. The summed E-state index contributed by atoms with van der Waals surface area (Å²) in [5.41, 5.74) is 5.45. The molecule has 1 aromatic heterocycles. The van der Waals surface area contributed by atoms with Crippen LogP contribution in [0, 0.1) is 12.8 Å². The summed E-state index contributed by atoms with van der Waals surface area (Å²) < 4.78 is 11.8.